The van der Waals surface area contributed by atoms with E-state index in [-0.39, 0.29) is 24.1 Å². The first-order valence-electron chi connectivity index (χ1n) is 10.0. The Morgan fingerprint density at radius 3 is 2.84 bits per heavy atom. The summed E-state index contributed by atoms with van der Waals surface area (Å²) in [5.41, 5.74) is 3.64. The average Bonchev–Trinajstić information content (AvgIpc) is 3.31. The lowest BCUT2D eigenvalue weighted by Gasteiger charge is -2.24. The van der Waals surface area contributed by atoms with E-state index in [0.717, 1.165) is 28.3 Å². The van der Waals surface area contributed by atoms with Gasteiger partial charge in [-0.2, -0.15) is 12.6 Å². The number of carboxylic acid groups (broad SMARTS) is 1. The molecular formula is C23H22BrFN2O3S. The Kier molecular flexibility index (Phi) is 6.39. The fourth-order valence-corrected chi connectivity index (χ4v) is 5.28. The van der Waals surface area contributed by atoms with Crippen molar-refractivity contribution in [2.45, 2.75) is 31.2 Å². The number of thiol groups is 1. The van der Waals surface area contributed by atoms with Gasteiger partial charge in [0.1, 0.15) is 11.9 Å². The molecule has 8 heteroatoms. The van der Waals surface area contributed by atoms with Crippen LogP contribution in [0.5, 0.6) is 0 Å². The van der Waals surface area contributed by atoms with Gasteiger partial charge >= 0.3 is 5.97 Å². The van der Waals surface area contributed by atoms with Crippen LogP contribution >= 0.6 is 28.6 Å². The Labute approximate surface area is 193 Å². The van der Waals surface area contributed by atoms with E-state index in [1.165, 1.54) is 17.7 Å². The summed E-state index contributed by atoms with van der Waals surface area (Å²) in [6, 6.07) is 9.28. The zero-order valence-electron chi connectivity index (χ0n) is 16.6. The van der Waals surface area contributed by atoms with Gasteiger partial charge in [0.15, 0.2) is 0 Å². The molecule has 1 amide bonds. The number of carbonyl (C=O) groups excluding carboxylic acids is 1. The van der Waals surface area contributed by atoms with Crippen molar-refractivity contribution >= 4 is 51.3 Å². The third-order valence-electron chi connectivity index (χ3n) is 6.02. The van der Waals surface area contributed by atoms with Crippen LogP contribution in [0.25, 0.3) is 10.9 Å². The summed E-state index contributed by atoms with van der Waals surface area (Å²) < 4.78 is 14.4. The number of hydrogen-bond acceptors (Lipinski definition) is 3. The summed E-state index contributed by atoms with van der Waals surface area (Å²) in [7, 11) is 0. The number of benzene rings is 2. The summed E-state index contributed by atoms with van der Waals surface area (Å²) in [5.74, 6) is -1.89. The molecule has 1 aliphatic rings. The van der Waals surface area contributed by atoms with E-state index in [9.17, 15) is 19.1 Å². The first-order valence-corrected chi connectivity index (χ1v) is 11.5. The van der Waals surface area contributed by atoms with Crippen LogP contribution in [0.1, 0.15) is 29.0 Å². The Hall–Kier alpha value is -2.32. The second-order valence-electron chi connectivity index (χ2n) is 7.88. The van der Waals surface area contributed by atoms with Crippen LogP contribution in [0.4, 0.5) is 4.39 Å². The molecule has 1 aliphatic carbocycles. The van der Waals surface area contributed by atoms with Gasteiger partial charge < -0.3 is 15.4 Å². The maximum Gasteiger partial charge on any atom is 0.326 e. The zero-order chi connectivity index (χ0) is 22.1. The molecule has 3 aromatic rings. The van der Waals surface area contributed by atoms with Crippen LogP contribution in [-0.4, -0.2) is 33.8 Å². The Morgan fingerprint density at radius 2 is 2.10 bits per heavy atom. The minimum Gasteiger partial charge on any atom is -0.480 e. The predicted molar refractivity (Wildman–Crippen MR) is 124 cm³/mol. The van der Waals surface area contributed by atoms with Crippen molar-refractivity contribution in [3.8, 4) is 0 Å². The lowest BCUT2D eigenvalue weighted by atomic mass is 9.87. The van der Waals surface area contributed by atoms with Crippen LogP contribution in [0.2, 0.25) is 0 Å². The Balaban J connectivity index is 1.52. The van der Waals surface area contributed by atoms with Crippen molar-refractivity contribution in [1.29, 1.82) is 0 Å². The van der Waals surface area contributed by atoms with E-state index in [2.05, 4.69) is 44.9 Å². The molecule has 0 radical (unpaired) electrons. The van der Waals surface area contributed by atoms with Crippen LogP contribution in [0.15, 0.2) is 47.1 Å². The van der Waals surface area contributed by atoms with E-state index in [4.69, 9.17) is 0 Å². The van der Waals surface area contributed by atoms with Crippen molar-refractivity contribution in [2.24, 2.45) is 5.92 Å². The molecule has 5 nitrogen and oxygen atoms in total. The second-order valence-corrected chi connectivity index (χ2v) is 9.17. The summed E-state index contributed by atoms with van der Waals surface area (Å²) in [4.78, 5) is 28.0. The molecule has 2 unspecified atom stereocenters. The lowest BCUT2D eigenvalue weighted by molar-refractivity contribution is -0.142. The molecule has 31 heavy (non-hydrogen) atoms. The van der Waals surface area contributed by atoms with E-state index in [1.54, 1.807) is 12.3 Å². The van der Waals surface area contributed by atoms with Gasteiger partial charge in [0, 0.05) is 33.7 Å². The molecule has 0 bridgehead atoms. The standard InChI is InChI=1S/C23H22BrFN2O3S/c24-14-2-5-16-12(7-14)1-4-18(16)19(11-31)22(28)27-21(23(29)30)8-13-10-26-20-9-15(25)3-6-17(13)20/h2-3,5-7,9-10,18-19,21,26,31H,1,4,8,11H2,(H,27,28)(H,29,30)/t18?,19?,21-/m0/s1. The fraction of sp³-hybridized carbons (Fsp3) is 0.304. The van der Waals surface area contributed by atoms with Crippen LogP contribution in [0.3, 0.4) is 0 Å². The van der Waals surface area contributed by atoms with E-state index >= 15 is 0 Å². The lowest BCUT2D eigenvalue weighted by Crippen LogP contribution is -2.46. The number of hydrogen-bond donors (Lipinski definition) is 4. The highest BCUT2D eigenvalue weighted by Gasteiger charge is 2.35. The molecule has 1 aromatic heterocycles. The quantitative estimate of drug-likeness (QED) is 0.358. The predicted octanol–water partition coefficient (Wildman–Crippen LogP) is 4.46. The maximum absolute atomic E-state index is 13.4. The van der Waals surface area contributed by atoms with Crippen molar-refractivity contribution in [2.75, 3.05) is 5.75 Å². The van der Waals surface area contributed by atoms with E-state index < -0.39 is 17.9 Å². The van der Waals surface area contributed by atoms with Crippen molar-refractivity contribution in [3.05, 3.63) is 69.6 Å². The van der Waals surface area contributed by atoms with E-state index in [1.807, 2.05) is 12.1 Å². The zero-order valence-corrected chi connectivity index (χ0v) is 19.0. The molecule has 4 rings (SSSR count). The number of aromatic amines is 1. The van der Waals surface area contributed by atoms with E-state index in [0.29, 0.717) is 16.8 Å². The van der Waals surface area contributed by atoms with Crippen molar-refractivity contribution in [1.82, 2.24) is 10.3 Å². The number of nitrogens with one attached hydrogen (secondary N) is 2. The first-order chi connectivity index (χ1) is 14.9. The Morgan fingerprint density at radius 1 is 1.29 bits per heavy atom. The summed E-state index contributed by atoms with van der Waals surface area (Å²) >= 11 is 7.89. The number of aliphatic carboxylic acids is 1. The minimum atomic E-state index is -1.11. The number of halogens is 2. The maximum atomic E-state index is 13.4. The molecule has 1 heterocycles. The second kappa shape index (κ2) is 9.04. The third kappa shape index (κ3) is 4.50. The van der Waals surface area contributed by atoms with Crippen LogP contribution in [-0.2, 0) is 22.4 Å². The molecule has 0 saturated heterocycles. The molecule has 2 aromatic carbocycles. The average molecular weight is 505 g/mol. The number of aryl methyl sites for hydroxylation is 1. The highest BCUT2D eigenvalue weighted by molar-refractivity contribution is 9.10. The first kappa shape index (κ1) is 21.9. The summed E-state index contributed by atoms with van der Waals surface area (Å²) in [5, 5.41) is 13.2. The summed E-state index contributed by atoms with van der Waals surface area (Å²) in [6.07, 6.45) is 3.47. The molecular weight excluding hydrogens is 483 g/mol. The minimum absolute atomic E-state index is 0.00566. The highest BCUT2D eigenvalue weighted by atomic mass is 79.9. The van der Waals surface area contributed by atoms with Gasteiger partial charge in [0.2, 0.25) is 5.91 Å². The van der Waals surface area contributed by atoms with Gasteiger partial charge in [-0.25, -0.2) is 9.18 Å². The largest absolute Gasteiger partial charge is 0.480 e. The molecule has 0 aliphatic heterocycles. The number of carbonyl (C=O) groups is 2. The molecule has 3 N–H and O–H groups in total. The monoisotopic (exact) mass is 504 g/mol. The number of rotatable bonds is 7. The van der Waals surface area contributed by atoms with Gasteiger partial charge in [-0.1, -0.05) is 22.0 Å². The normalized spacial score (nSPS) is 17.3. The molecule has 0 saturated carbocycles. The fourth-order valence-electron chi connectivity index (χ4n) is 4.46. The number of carboxylic acids is 1. The number of amides is 1. The topological polar surface area (TPSA) is 82.2 Å². The SMILES string of the molecule is O=C(N[C@@H](Cc1c[nH]c2cc(F)ccc12)C(=O)O)C(CS)C1CCc2cc(Br)ccc21. The molecule has 162 valence electrons. The molecule has 0 fully saturated rings. The number of aromatic nitrogens is 1. The molecule has 3 atom stereocenters. The van der Waals surface area contributed by atoms with Crippen LogP contribution < -0.4 is 5.32 Å². The number of fused-ring (bicyclic) bond motifs is 2. The van der Waals surface area contributed by atoms with Crippen molar-refractivity contribution < 1.29 is 19.1 Å². The van der Waals surface area contributed by atoms with Crippen molar-refractivity contribution in [3.63, 3.8) is 0 Å². The highest BCUT2D eigenvalue weighted by Crippen LogP contribution is 2.40. The van der Waals surface area contributed by atoms with Gasteiger partial charge in [0.05, 0.1) is 5.92 Å². The Bertz CT molecular complexity index is 1150. The number of H-pyrrole nitrogens is 1. The third-order valence-corrected chi connectivity index (χ3v) is 6.90. The van der Waals surface area contributed by atoms with Gasteiger partial charge in [-0.3, -0.25) is 4.79 Å². The van der Waals surface area contributed by atoms with Gasteiger partial charge in [-0.05, 0) is 65.8 Å². The van der Waals surface area contributed by atoms with Gasteiger partial charge in [0.25, 0.3) is 0 Å². The molecule has 0 spiro atoms. The summed E-state index contributed by atoms with van der Waals surface area (Å²) in [6.45, 7) is 0. The van der Waals surface area contributed by atoms with Crippen LogP contribution in [0, 0.1) is 11.7 Å². The smallest absolute Gasteiger partial charge is 0.326 e. The van der Waals surface area contributed by atoms with Gasteiger partial charge in [-0.15, -0.1) is 0 Å².